The minimum absolute atomic E-state index is 0.123. The summed E-state index contributed by atoms with van der Waals surface area (Å²) < 4.78 is 1.56. The van der Waals surface area contributed by atoms with Gasteiger partial charge in [0, 0.05) is 30.4 Å². The van der Waals surface area contributed by atoms with E-state index in [1.54, 1.807) is 10.6 Å². The molecule has 0 atom stereocenters. The van der Waals surface area contributed by atoms with Crippen LogP contribution >= 0.6 is 0 Å². The van der Waals surface area contributed by atoms with Gasteiger partial charge in [0.25, 0.3) is 0 Å². The van der Waals surface area contributed by atoms with Crippen LogP contribution in [0.2, 0.25) is 0 Å². The Morgan fingerprint density at radius 3 is 2.39 bits per heavy atom. The molecule has 2 heterocycles. The highest BCUT2D eigenvalue weighted by molar-refractivity contribution is 5.76. The van der Waals surface area contributed by atoms with E-state index >= 15 is 0 Å². The summed E-state index contributed by atoms with van der Waals surface area (Å²) in [5.41, 5.74) is 13.8. The van der Waals surface area contributed by atoms with Crippen molar-refractivity contribution >= 4 is 17.0 Å². The van der Waals surface area contributed by atoms with Crippen molar-refractivity contribution in [3.63, 3.8) is 0 Å². The van der Waals surface area contributed by atoms with E-state index in [2.05, 4.69) is 26.9 Å². The fraction of sp³-hybridized carbons (Fsp3) is 0.400. The zero-order valence-corrected chi connectivity index (χ0v) is 21.0. The van der Waals surface area contributed by atoms with Gasteiger partial charge in [0.1, 0.15) is 5.65 Å². The van der Waals surface area contributed by atoms with Crippen molar-refractivity contribution in [1.29, 1.82) is 0 Å². The average molecular weight is 456 g/mol. The number of aliphatic imine (C=N–C) groups is 1. The maximum atomic E-state index is 12.2. The molecule has 33 heavy (non-hydrogen) atoms. The summed E-state index contributed by atoms with van der Waals surface area (Å²) in [6.07, 6.45) is 4.43. The Morgan fingerprint density at radius 1 is 1.21 bits per heavy atom. The number of rotatable bonds is 7. The van der Waals surface area contributed by atoms with Crippen LogP contribution in [-0.4, -0.2) is 33.6 Å². The molecule has 0 bridgehead atoms. The molecule has 0 saturated heterocycles. The number of aryl methyl sites for hydroxylation is 1. The molecule has 3 rings (SSSR count). The van der Waals surface area contributed by atoms with Crippen molar-refractivity contribution in [1.82, 2.24) is 19.9 Å². The average Bonchev–Trinajstić information content (AvgIpc) is 3.18. The Balaban J connectivity index is 0.00000132. The standard InChI is InChI=1S/C18H23N7O.C3H6.2C2H6/c1-12-9-14-11-25(18(26)24-16(14)23-12)15-5-3-13(4-6-15)10-21-7-2-8-22-17(19)20;1-3-2;2*1-2/h3-6,9,11,21H,2,7-8,10H2,1H3,(H4,19,20,22)(H,23,24,26);3H,1H2,2H3;2*1-2H3. The normalized spacial score (nSPS) is 9.39. The summed E-state index contributed by atoms with van der Waals surface area (Å²) in [5.74, 6) is 0.123. The van der Waals surface area contributed by atoms with E-state index in [1.165, 1.54) is 0 Å². The smallest absolute Gasteiger partial charge is 0.354 e. The molecule has 2 aromatic heterocycles. The molecule has 1 aromatic carbocycles. The number of H-pyrrole nitrogens is 1. The summed E-state index contributed by atoms with van der Waals surface area (Å²) in [6.45, 7) is 17.4. The number of fused-ring (bicyclic) bond motifs is 1. The number of aromatic amines is 1. The number of benzene rings is 1. The number of allylic oxidation sites excluding steroid dienone is 1. The third kappa shape index (κ3) is 10.7. The quantitative estimate of drug-likeness (QED) is 0.185. The molecule has 8 nitrogen and oxygen atoms in total. The number of nitrogens with zero attached hydrogens (tertiary/aromatic N) is 3. The molecule has 0 radical (unpaired) electrons. The maximum Gasteiger partial charge on any atom is 0.354 e. The SMILES string of the molecule is C=CC.CC.CC.Cc1cc2cn(-c3ccc(CNCCCN=C(N)N)cc3)c(=O)nc2[nH]1. The van der Waals surface area contributed by atoms with Crippen LogP contribution in [-0.2, 0) is 6.54 Å². The van der Waals surface area contributed by atoms with Crippen LogP contribution in [0.1, 0.15) is 52.3 Å². The number of guanidine groups is 1. The highest BCUT2D eigenvalue weighted by Crippen LogP contribution is 2.13. The van der Waals surface area contributed by atoms with E-state index in [0.29, 0.717) is 12.2 Å². The molecule has 0 spiro atoms. The van der Waals surface area contributed by atoms with Crippen LogP contribution in [0.25, 0.3) is 16.7 Å². The number of hydrogen-bond donors (Lipinski definition) is 4. The first-order valence-electron chi connectivity index (χ1n) is 11.5. The van der Waals surface area contributed by atoms with Gasteiger partial charge in [-0.25, -0.2) is 4.79 Å². The Morgan fingerprint density at radius 2 is 1.82 bits per heavy atom. The molecule has 3 aromatic rings. The minimum Gasteiger partial charge on any atom is -0.370 e. The fourth-order valence-electron chi connectivity index (χ4n) is 2.74. The van der Waals surface area contributed by atoms with Crippen molar-refractivity contribution in [3.8, 4) is 5.69 Å². The lowest BCUT2D eigenvalue weighted by Gasteiger charge is -2.08. The summed E-state index contributed by atoms with van der Waals surface area (Å²) in [5, 5.41) is 4.25. The molecule has 6 N–H and O–H groups in total. The molecule has 8 heteroatoms. The highest BCUT2D eigenvalue weighted by atomic mass is 16.1. The second-order valence-corrected chi connectivity index (χ2v) is 6.56. The number of aromatic nitrogens is 3. The molecule has 0 aliphatic heterocycles. The van der Waals surface area contributed by atoms with Gasteiger partial charge in [-0.1, -0.05) is 45.9 Å². The van der Waals surface area contributed by atoms with Crippen molar-refractivity contribution in [2.24, 2.45) is 16.5 Å². The Hall–Kier alpha value is -3.39. The summed E-state index contributed by atoms with van der Waals surface area (Å²) >= 11 is 0. The summed E-state index contributed by atoms with van der Waals surface area (Å²) in [6, 6.07) is 9.81. The van der Waals surface area contributed by atoms with Gasteiger partial charge in [-0.3, -0.25) is 9.56 Å². The monoisotopic (exact) mass is 455 g/mol. The maximum absolute atomic E-state index is 12.2. The van der Waals surface area contributed by atoms with Crippen LogP contribution in [0.3, 0.4) is 0 Å². The van der Waals surface area contributed by atoms with E-state index in [1.807, 2.05) is 78.1 Å². The second kappa shape index (κ2) is 17.2. The molecule has 0 aliphatic rings. The Kier molecular flexibility index (Phi) is 15.4. The number of hydrogen-bond acceptors (Lipinski definition) is 4. The van der Waals surface area contributed by atoms with E-state index in [0.717, 1.165) is 41.8 Å². The Labute approximate surface area is 197 Å². The van der Waals surface area contributed by atoms with Crippen molar-refractivity contribution in [2.75, 3.05) is 13.1 Å². The Bertz CT molecular complexity index is 1010. The predicted molar refractivity (Wildman–Crippen MR) is 142 cm³/mol. The first-order valence-corrected chi connectivity index (χ1v) is 11.5. The van der Waals surface area contributed by atoms with Gasteiger partial charge in [-0.05, 0) is 50.6 Å². The van der Waals surface area contributed by atoms with Gasteiger partial charge in [0.2, 0.25) is 0 Å². The lowest BCUT2D eigenvalue weighted by molar-refractivity contribution is 0.655. The second-order valence-electron chi connectivity index (χ2n) is 6.56. The van der Waals surface area contributed by atoms with E-state index < -0.39 is 0 Å². The topological polar surface area (TPSA) is 127 Å². The number of nitrogens with two attached hydrogens (primary N) is 2. The van der Waals surface area contributed by atoms with Crippen LogP contribution < -0.4 is 22.5 Å². The lowest BCUT2D eigenvalue weighted by Crippen LogP contribution is -2.23. The molecule has 0 saturated carbocycles. The molecular formula is C25H41N7O. The van der Waals surface area contributed by atoms with E-state index in [4.69, 9.17) is 11.5 Å². The van der Waals surface area contributed by atoms with Gasteiger partial charge in [-0.2, -0.15) is 4.98 Å². The van der Waals surface area contributed by atoms with Crippen molar-refractivity contribution in [3.05, 3.63) is 70.9 Å². The molecule has 0 aliphatic carbocycles. The van der Waals surface area contributed by atoms with E-state index in [-0.39, 0.29) is 11.6 Å². The van der Waals surface area contributed by atoms with Crippen LogP contribution in [0.15, 0.2) is 59.0 Å². The van der Waals surface area contributed by atoms with Crippen molar-refractivity contribution in [2.45, 2.75) is 54.5 Å². The molecule has 0 amide bonds. The van der Waals surface area contributed by atoms with Gasteiger partial charge in [0.15, 0.2) is 5.96 Å². The van der Waals surface area contributed by atoms with Gasteiger partial charge >= 0.3 is 5.69 Å². The highest BCUT2D eigenvalue weighted by Gasteiger charge is 2.06. The first-order chi connectivity index (χ1) is 15.9. The zero-order chi connectivity index (χ0) is 25.2. The molecule has 0 unspecified atom stereocenters. The third-order valence-electron chi connectivity index (χ3n) is 3.99. The minimum atomic E-state index is -0.301. The van der Waals surface area contributed by atoms with Crippen LogP contribution in [0, 0.1) is 6.92 Å². The number of nitrogens with one attached hydrogen (secondary N) is 2. The van der Waals surface area contributed by atoms with Crippen LogP contribution in [0.5, 0.6) is 0 Å². The van der Waals surface area contributed by atoms with E-state index in [9.17, 15) is 4.79 Å². The third-order valence-corrected chi connectivity index (χ3v) is 3.99. The molecule has 0 fully saturated rings. The largest absolute Gasteiger partial charge is 0.370 e. The molecule has 182 valence electrons. The van der Waals surface area contributed by atoms with Crippen molar-refractivity contribution < 1.29 is 0 Å². The predicted octanol–water partition coefficient (Wildman–Crippen LogP) is 4.02. The lowest BCUT2D eigenvalue weighted by atomic mass is 10.2. The van der Waals surface area contributed by atoms with Gasteiger partial charge < -0.3 is 21.8 Å². The molecular weight excluding hydrogens is 414 g/mol. The summed E-state index contributed by atoms with van der Waals surface area (Å²) in [4.78, 5) is 23.3. The van der Waals surface area contributed by atoms with Crippen LogP contribution in [0.4, 0.5) is 0 Å². The van der Waals surface area contributed by atoms with Gasteiger partial charge in [0.05, 0.1) is 5.69 Å². The zero-order valence-electron chi connectivity index (χ0n) is 21.0. The fourth-order valence-corrected chi connectivity index (χ4v) is 2.74. The first kappa shape index (κ1) is 29.6. The van der Waals surface area contributed by atoms with Gasteiger partial charge in [-0.15, -0.1) is 6.58 Å². The summed E-state index contributed by atoms with van der Waals surface area (Å²) in [7, 11) is 0.